The normalized spacial score (nSPS) is 12.8. The highest BCUT2D eigenvalue weighted by Gasteiger charge is 2.00. The molecule has 0 saturated carbocycles. The van der Waals surface area contributed by atoms with Crippen LogP contribution in [-0.4, -0.2) is 0 Å². The molecule has 0 amide bonds. The monoisotopic (exact) mass is 180 g/mol. The molecule has 0 aliphatic carbocycles. The number of hydrogen-bond donors (Lipinski definition) is 0. The number of benzene rings is 1. The minimum Gasteiger partial charge on any atom is -0.207 e. The highest BCUT2D eigenvalue weighted by Crippen LogP contribution is 2.12. The van der Waals surface area contributed by atoms with E-state index >= 15 is 0 Å². The van der Waals surface area contributed by atoms with Crippen molar-refractivity contribution >= 4 is 0 Å². The van der Waals surface area contributed by atoms with Gasteiger partial charge in [-0.1, -0.05) is 32.4 Å². The average molecular weight is 180 g/mol. The number of halogens is 1. The summed E-state index contributed by atoms with van der Waals surface area (Å²) >= 11 is 0. The van der Waals surface area contributed by atoms with Gasteiger partial charge in [0.2, 0.25) is 0 Å². The van der Waals surface area contributed by atoms with Crippen molar-refractivity contribution in [2.24, 2.45) is 5.92 Å². The van der Waals surface area contributed by atoms with Crippen LogP contribution in [-0.2, 0) is 6.42 Å². The van der Waals surface area contributed by atoms with Gasteiger partial charge in [-0.3, -0.25) is 0 Å². The molecule has 1 aromatic rings. The highest BCUT2D eigenvalue weighted by molar-refractivity contribution is 5.16. The zero-order valence-corrected chi connectivity index (χ0v) is 8.39. The van der Waals surface area contributed by atoms with Gasteiger partial charge in [0.25, 0.3) is 0 Å². The molecule has 0 bridgehead atoms. The van der Waals surface area contributed by atoms with Crippen LogP contribution in [0.25, 0.3) is 0 Å². The van der Waals surface area contributed by atoms with Gasteiger partial charge in [-0.05, 0) is 36.5 Å². The van der Waals surface area contributed by atoms with Crippen LogP contribution in [0.5, 0.6) is 0 Å². The molecular weight excluding hydrogens is 163 g/mol. The van der Waals surface area contributed by atoms with Gasteiger partial charge in [-0.25, -0.2) is 4.39 Å². The van der Waals surface area contributed by atoms with Gasteiger partial charge in [-0.15, -0.1) is 0 Å². The van der Waals surface area contributed by atoms with Crippen LogP contribution in [0.3, 0.4) is 0 Å². The van der Waals surface area contributed by atoms with Crippen LogP contribution in [0.15, 0.2) is 24.3 Å². The number of rotatable bonds is 4. The lowest BCUT2D eigenvalue weighted by atomic mass is 9.99. The maximum atomic E-state index is 12.8. The molecule has 13 heavy (non-hydrogen) atoms. The van der Waals surface area contributed by atoms with E-state index in [2.05, 4.69) is 13.8 Å². The summed E-state index contributed by atoms with van der Waals surface area (Å²) in [6.07, 6.45) is 3.35. The molecule has 0 fully saturated rings. The summed E-state index contributed by atoms with van der Waals surface area (Å²) in [5.74, 6) is 0.616. The molecule has 0 aliphatic heterocycles. The van der Waals surface area contributed by atoms with Gasteiger partial charge in [0, 0.05) is 0 Å². The van der Waals surface area contributed by atoms with Crippen LogP contribution < -0.4 is 0 Å². The predicted octanol–water partition coefficient (Wildman–Crippen LogP) is 3.80. The maximum Gasteiger partial charge on any atom is 0.123 e. The summed E-state index contributed by atoms with van der Waals surface area (Å²) in [5.41, 5.74) is 1.11. The smallest absolute Gasteiger partial charge is 0.123 e. The summed E-state index contributed by atoms with van der Waals surface area (Å²) in [5, 5.41) is 0. The average Bonchev–Trinajstić information content (AvgIpc) is 2.14. The van der Waals surface area contributed by atoms with E-state index in [0.29, 0.717) is 0 Å². The van der Waals surface area contributed by atoms with E-state index in [-0.39, 0.29) is 5.82 Å². The standard InChI is InChI=1S/C12H17F/c1-3-10(2)7-8-11-5-4-6-12(13)9-11/h4-6,9-10H,3,7-8H2,1-2H3. The molecule has 0 radical (unpaired) electrons. The Labute approximate surface area is 79.8 Å². The third-order valence-electron chi connectivity index (χ3n) is 2.51. The fraction of sp³-hybridized carbons (Fsp3) is 0.500. The first-order valence-electron chi connectivity index (χ1n) is 4.96. The van der Waals surface area contributed by atoms with E-state index < -0.39 is 0 Å². The van der Waals surface area contributed by atoms with Crippen molar-refractivity contribution in [3.63, 3.8) is 0 Å². The Morgan fingerprint density at radius 3 is 2.77 bits per heavy atom. The van der Waals surface area contributed by atoms with Crippen molar-refractivity contribution in [3.8, 4) is 0 Å². The minimum absolute atomic E-state index is 0.123. The summed E-state index contributed by atoms with van der Waals surface area (Å²) in [6, 6.07) is 6.89. The zero-order chi connectivity index (χ0) is 9.68. The molecule has 1 heteroatoms. The molecular formula is C12H17F. The van der Waals surface area contributed by atoms with Crippen LogP contribution in [0.1, 0.15) is 32.3 Å². The quantitative estimate of drug-likeness (QED) is 0.661. The third-order valence-corrected chi connectivity index (χ3v) is 2.51. The van der Waals surface area contributed by atoms with E-state index in [0.717, 1.165) is 24.3 Å². The van der Waals surface area contributed by atoms with Gasteiger partial charge in [0.15, 0.2) is 0 Å². The van der Waals surface area contributed by atoms with Crippen molar-refractivity contribution in [1.29, 1.82) is 0 Å². The second-order valence-electron chi connectivity index (χ2n) is 3.68. The van der Waals surface area contributed by atoms with Crippen LogP contribution in [0, 0.1) is 11.7 Å². The van der Waals surface area contributed by atoms with Gasteiger partial charge in [-0.2, -0.15) is 0 Å². The van der Waals surface area contributed by atoms with E-state index in [1.165, 1.54) is 12.5 Å². The Bertz CT molecular complexity index is 255. The molecule has 0 saturated heterocycles. The Kier molecular flexibility index (Phi) is 3.94. The van der Waals surface area contributed by atoms with Gasteiger partial charge in [0.05, 0.1) is 0 Å². The summed E-state index contributed by atoms with van der Waals surface area (Å²) in [4.78, 5) is 0. The van der Waals surface area contributed by atoms with Crippen LogP contribution in [0.4, 0.5) is 4.39 Å². The zero-order valence-electron chi connectivity index (χ0n) is 8.39. The van der Waals surface area contributed by atoms with Crippen molar-refractivity contribution in [3.05, 3.63) is 35.6 Å². The number of hydrogen-bond acceptors (Lipinski definition) is 0. The molecule has 1 atom stereocenters. The molecule has 0 aromatic heterocycles. The van der Waals surface area contributed by atoms with E-state index in [1.807, 2.05) is 6.07 Å². The SMILES string of the molecule is CCC(C)CCc1cccc(F)c1. The van der Waals surface area contributed by atoms with Gasteiger partial charge >= 0.3 is 0 Å². The van der Waals surface area contributed by atoms with Crippen molar-refractivity contribution in [2.75, 3.05) is 0 Å². The Morgan fingerprint density at radius 1 is 1.38 bits per heavy atom. The Morgan fingerprint density at radius 2 is 2.15 bits per heavy atom. The van der Waals surface area contributed by atoms with Gasteiger partial charge in [0.1, 0.15) is 5.82 Å². The summed E-state index contributed by atoms with van der Waals surface area (Å²) in [6.45, 7) is 4.43. The lowest BCUT2D eigenvalue weighted by molar-refractivity contribution is 0.515. The molecule has 72 valence electrons. The van der Waals surface area contributed by atoms with Crippen molar-refractivity contribution in [2.45, 2.75) is 33.1 Å². The first kappa shape index (κ1) is 10.2. The van der Waals surface area contributed by atoms with Crippen molar-refractivity contribution in [1.82, 2.24) is 0 Å². The molecule has 0 spiro atoms. The highest BCUT2D eigenvalue weighted by atomic mass is 19.1. The van der Waals surface area contributed by atoms with Crippen molar-refractivity contribution < 1.29 is 4.39 Å². The first-order chi connectivity index (χ1) is 6.22. The topological polar surface area (TPSA) is 0 Å². The lowest BCUT2D eigenvalue weighted by Gasteiger charge is -2.07. The lowest BCUT2D eigenvalue weighted by Crippen LogP contribution is -1.95. The van der Waals surface area contributed by atoms with Gasteiger partial charge < -0.3 is 0 Å². The maximum absolute atomic E-state index is 12.8. The molecule has 0 heterocycles. The predicted molar refractivity (Wildman–Crippen MR) is 54.2 cm³/mol. The minimum atomic E-state index is -0.123. The summed E-state index contributed by atoms with van der Waals surface area (Å²) in [7, 11) is 0. The first-order valence-corrected chi connectivity index (χ1v) is 4.96. The summed E-state index contributed by atoms with van der Waals surface area (Å²) < 4.78 is 12.8. The third kappa shape index (κ3) is 3.58. The van der Waals surface area contributed by atoms with Crippen LogP contribution in [0.2, 0.25) is 0 Å². The molecule has 0 N–H and O–H groups in total. The van der Waals surface area contributed by atoms with E-state index in [1.54, 1.807) is 12.1 Å². The Balaban J connectivity index is 2.45. The second-order valence-corrected chi connectivity index (χ2v) is 3.68. The molecule has 1 aromatic carbocycles. The largest absolute Gasteiger partial charge is 0.207 e. The molecule has 0 nitrogen and oxygen atoms in total. The second kappa shape index (κ2) is 5.00. The Hall–Kier alpha value is -0.850. The fourth-order valence-corrected chi connectivity index (χ4v) is 1.31. The molecule has 1 rings (SSSR count). The van der Waals surface area contributed by atoms with E-state index in [9.17, 15) is 4.39 Å². The fourth-order valence-electron chi connectivity index (χ4n) is 1.31. The van der Waals surface area contributed by atoms with E-state index in [4.69, 9.17) is 0 Å². The molecule has 0 aliphatic rings. The molecule has 1 unspecified atom stereocenters. The van der Waals surface area contributed by atoms with Crippen LogP contribution >= 0.6 is 0 Å². The number of aryl methyl sites for hydroxylation is 1.